The van der Waals surface area contributed by atoms with E-state index < -0.39 is 23.9 Å². The van der Waals surface area contributed by atoms with Crippen LogP contribution < -0.4 is 10.1 Å². The molecule has 2 rings (SSSR count). The van der Waals surface area contributed by atoms with E-state index in [0.717, 1.165) is 0 Å². The Morgan fingerprint density at radius 3 is 2.64 bits per heavy atom. The summed E-state index contributed by atoms with van der Waals surface area (Å²) < 4.78 is 19.2. The van der Waals surface area contributed by atoms with Gasteiger partial charge in [-0.15, -0.1) is 0 Å². The standard InChI is InChI=1S/C18H15Cl2FN2O2/c1-10(14-7-17(21)16(20)8-15(14)19)23-18(24)11(2)25-13-5-3-4-12(6-13)9-22/h3-8,10-11H,1-2H3,(H,23,24). The van der Waals surface area contributed by atoms with E-state index in [0.29, 0.717) is 16.9 Å². The predicted molar refractivity (Wildman–Crippen MR) is 94.2 cm³/mol. The smallest absolute Gasteiger partial charge is 0.261 e. The molecule has 4 nitrogen and oxygen atoms in total. The zero-order chi connectivity index (χ0) is 18.6. The summed E-state index contributed by atoms with van der Waals surface area (Å²) in [4.78, 5) is 12.3. The van der Waals surface area contributed by atoms with Gasteiger partial charge in [0.2, 0.25) is 0 Å². The highest BCUT2D eigenvalue weighted by Crippen LogP contribution is 2.28. The molecule has 0 aromatic heterocycles. The molecule has 0 radical (unpaired) electrons. The van der Waals surface area contributed by atoms with Crippen LogP contribution in [0.15, 0.2) is 36.4 Å². The fourth-order valence-electron chi connectivity index (χ4n) is 2.17. The molecule has 0 aliphatic heterocycles. The first-order valence-corrected chi connectivity index (χ1v) is 8.19. The van der Waals surface area contributed by atoms with E-state index in [-0.39, 0.29) is 10.0 Å². The Morgan fingerprint density at radius 1 is 1.24 bits per heavy atom. The second kappa shape index (κ2) is 8.19. The summed E-state index contributed by atoms with van der Waals surface area (Å²) in [7, 11) is 0. The molecule has 2 aromatic carbocycles. The number of benzene rings is 2. The molecular weight excluding hydrogens is 366 g/mol. The lowest BCUT2D eigenvalue weighted by molar-refractivity contribution is -0.127. The SMILES string of the molecule is CC(Oc1cccc(C#N)c1)C(=O)NC(C)c1cc(F)c(Cl)cc1Cl. The summed E-state index contributed by atoms with van der Waals surface area (Å²) in [6.45, 7) is 3.25. The number of halogens is 3. The van der Waals surface area contributed by atoms with Crippen molar-refractivity contribution in [3.8, 4) is 11.8 Å². The lowest BCUT2D eigenvalue weighted by atomic mass is 10.1. The summed E-state index contributed by atoms with van der Waals surface area (Å²) in [6, 6.07) is 10.4. The van der Waals surface area contributed by atoms with Crippen molar-refractivity contribution in [3.63, 3.8) is 0 Å². The maximum absolute atomic E-state index is 13.6. The van der Waals surface area contributed by atoms with Gasteiger partial charge in [0.1, 0.15) is 11.6 Å². The van der Waals surface area contributed by atoms with Gasteiger partial charge >= 0.3 is 0 Å². The molecule has 2 unspecified atom stereocenters. The fraction of sp³-hybridized carbons (Fsp3) is 0.222. The fourth-order valence-corrected chi connectivity index (χ4v) is 2.72. The molecule has 0 saturated heterocycles. The first kappa shape index (κ1) is 19.0. The first-order chi connectivity index (χ1) is 11.8. The van der Waals surface area contributed by atoms with Crippen LogP contribution in [-0.2, 0) is 4.79 Å². The Hall–Kier alpha value is -2.29. The van der Waals surface area contributed by atoms with Crippen LogP contribution in [0.5, 0.6) is 5.75 Å². The maximum atomic E-state index is 13.6. The molecule has 0 bridgehead atoms. The van der Waals surface area contributed by atoms with Crippen LogP contribution in [0.1, 0.15) is 31.0 Å². The number of nitrogens with zero attached hydrogens (tertiary/aromatic N) is 1. The zero-order valence-electron chi connectivity index (χ0n) is 13.5. The van der Waals surface area contributed by atoms with Crippen LogP contribution in [0.3, 0.4) is 0 Å². The summed E-state index contributed by atoms with van der Waals surface area (Å²) >= 11 is 11.7. The van der Waals surface area contributed by atoms with Gasteiger partial charge < -0.3 is 10.1 Å². The van der Waals surface area contributed by atoms with E-state index in [1.807, 2.05) is 6.07 Å². The Balaban J connectivity index is 2.05. The van der Waals surface area contributed by atoms with Crippen LogP contribution in [0.4, 0.5) is 4.39 Å². The Labute approximate surface area is 155 Å². The number of carbonyl (C=O) groups excluding carboxylic acids is 1. The summed E-state index contributed by atoms with van der Waals surface area (Å²) in [5.41, 5.74) is 0.845. The van der Waals surface area contributed by atoms with E-state index in [1.54, 1.807) is 38.1 Å². The minimum Gasteiger partial charge on any atom is -0.481 e. The molecule has 0 saturated carbocycles. The molecule has 0 spiro atoms. The molecule has 25 heavy (non-hydrogen) atoms. The molecule has 0 fully saturated rings. The number of nitriles is 1. The molecule has 2 atom stereocenters. The first-order valence-electron chi connectivity index (χ1n) is 7.43. The van der Waals surface area contributed by atoms with Crippen molar-refractivity contribution in [2.24, 2.45) is 0 Å². The highest BCUT2D eigenvalue weighted by atomic mass is 35.5. The Kier molecular flexibility index (Phi) is 6.24. The van der Waals surface area contributed by atoms with Gasteiger partial charge in [-0.2, -0.15) is 5.26 Å². The second-order valence-corrected chi connectivity index (χ2v) is 6.23. The zero-order valence-corrected chi connectivity index (χ0v) is 15.0. The Bertz CT molecular complexity index is 836. The molecule has 2 aromatic rings. The second-order valence-electron chi connectivity index (χ2n) is 5.42. The minimum absolute atomic E-state index is 0.0821. The van der Waals surface area contributed by atoms with Gasteiger partial charge in [0, 0.05) is 5.02 Å². The van der Waals surface area contributed by atoms with Gasteiger partial charge in [-0.1, -0.05) is 29.3 Å². The third-order valence-corrected chi connectivity index (χ3v) is 4.13. The van der Waals surface area contributed by atoms with Crippen LogP contribution >= 0.6 is 23.2 Å². The van der Waals surface area contributed by atoms with E-state index in [9.17, 15) is 9.18 Å². The third-order valence-electron chi connectivity index (χ3n) is 3.51. The number of nitrogens with one attached hydrogen (secondary N) is 1. The Morgan fingerprint density at radius 2 is 1.96 bits per heavy atom. The van der Waals surface area contributed by atoms with Crippen molar-refractivity contribution in [3.05, 3.63) is 63.4 Å². The number of amides is 1. The average molecular weight is 381 g/mol. The molecule has 0 aliphatic rings. The number of rotatable bonds is 5. The number of hydrogen-bond donors (Lipinski definition) is 1. The minimum atomic E-state index is -0.813. The van der Waals surface area contributed by atoms with Crippen molar-refractivity contribution in [1.82, 2.24) is 5.32 Å². The normalized spacial score (nSPS) is 12.8. The molecule has 7 heteroatoms. The third kappa shape index (κ3) is 4.85. The van der Waals surface area contributed by atoms with E-state index in [2.05, 4.69) is 5.32 Å². The number of carbonyl (C=O) groups is 1. The molecule has 0 heterocycles. The summed E-state index contributed by atoms with van der Waals surface area (Å²) in [5, 5.41) is 11.8. The molecule has 1 N–H and O–H groups in total. The quantitative estimate of drug-likeness (QED) is 0.767. The van der Waals surface area contributed by atoms with Crippen molar-refractivity contribution in [2.75, 3.05) is 0 Å². The van der Waals surface area contributed by atoms with Gasteiger partial charge in [-0.25, -0.2) is 4.39 Å². The maximum Gasteiger partial charge on any atom is 0.261 e. The number of ether oxygens (including phenoxy) is 1. The lowest BCUT2D eigenvalue weighted by Gasteiger charge is -2.20. The van der Waals surface area contributed by atoms with Gasteiger partial charge in [-0.3, -0.25) is 4.79 Å². The monoisotopic (exact) mass is 380 g/mol. The largest absolute Gasteiger partial charge is 0.481 e. The van der Waals surface area contributed by atoms with Gasteiger partial charge in [0.15, 0.2) is 6.10 Å². The summed E-state index contributed by atoms with van der Waals surface area (Å²) in [6.07, 6.45) is -0.813. The van der Waals surface area contributed by atoms with Gasteiger partial charge in [-0.05, 0) is 49.7 Å². The topological polar surface area (TPSA) is 62.1 Å². The molecule has 0 aliphatic carbocycles. The van der Waals surface area contributed by atoms with Crippen LogP contribution in [-0.4, -0.2) is 12.0 Å². The van der Waals surface area contributed by atoms with Gasteiger partial charge in [0.05, 0.1) is 22.7 Å². The van der Waals surface area contributed by atoms with Crippen molar-refractivity contribution in [1.29, 1.82) is 5.26 Å². The van der Waals surface area contributed by atoms with E-state index in [4.69, 9.17) is 33.2 Å². The van der Waals surface area contributed by atoms with Crippen LogP contribution in [0.2, 0.25) is 10.0 Å². The molecular formula is C18H15Cl2FN2O2. The highest BCUT2D eigenvalue weighted by Gasteiger charge is 2.20. The van der Waals surface area contributed by atoms with Crippen LogP contribution in [0.25, 0.3) is 0 Å². The highest BCUT2D eigenvalue weighted by molar-refractivity contribution is 6.35. The lowest BCUT2D eigenvalue weighted by Crippen LogP contribution is -2.37. The van der Waals surface area contributed by atoms with E-state index in [1.165, 1.54) is 12.1 Å². The van der Waals surface area contributed by atoms with Crippen molar-refractivity contribution >= 4 is 29.1 Å². The summed E-state index contributed by atoms with van der Waals surface area (Å²) in [5.74, 6) is -0.606. The van der Waals surface area contributed by atoms with E-state index >= 15 is 0 Å². The molecule has 1 amide bonds. The van der Waals surface area contributed by atoms with Crippen molar-refractivity contribution in [2.45, 2.75) is 26.0 Å². The predicted octanol–water partition coefficient (Wildman–Crippen LogP) is 4.65. The number of hydrogen-bond acceptors (Lipinski definition) is 3. The van der Waals surface area contributed by atoms with Crippen LogP contribution in [0, 0.1) is 17.1 Å². The van der Waals surface area contributed by atoms with Crippen molar-refractivity contribution < 1.29 is 13.9 Å². The molecule has 130 valence electrons. The van der Waals surface area contributed by atoms with Gasteiger partial charge in [0.25, 0.3) is 5.91 Å². The average Bonchev–Trinajstić information content (AvgIpc) is 2.58.